The summed E-state index contributed by atoms with van der Waals surface area (Å²) in [5, 5.41) is 3.14. The number of Topliss-reactive ketones (excluding diaryl/α,β-unsaturated/α-hetero) is 1. The Kier molecular flexibility index (Phi) is 1.92. The zero-order valence-electron chi connectivity index (χ0n) is 6.68. The summed E-state index contributed by atoms with van der Waals surface area (Å²) in [5.41, 5.74) is 0. The number of hydrogen-bond acceptors (Lipinski definition) is 3. The van der Waals surface area contributed by atoms with E-state index in [9.17, 15) is 4.79 Å². The Labute approximate surface area is 66.8 Å². The lowest BCUT2D eigenvalue weighted by Gasteiger charge is -2.17. The molecule has 0 unspecified atom stereocenters. The monoisotopic (exact) mass is 154 g/mol. The summed E-state index contributed by atoms with van der Waals surface area (Å²) in [7, 11) is 0. The Morgan fingerprint density at radius 3 is 3.00 bits per heavy atom. The first-order chi connectivity index (χ1) is 5.36. The lowest BCUT2D eigenvalue weighted by Crippen LogP contribution is -2.34. The molecule has 3 heteroatoms. The Morgan fingerprint density at radius 1 is 1.45 bits per heavy atom. The van der Waals surface area contributed by atoms with E-state index in [0.29, 0.717) is 12.3 Å². The highest BCUT2D eigenvalue weighted by molar-refractivity contribution is 5.80. The largest absolute Gasteiger partial charge is 0.298 e. The van der Waals surface area contributed by atoms with Crippen molar-refractivity contribution in [3.63, 3.8) is 0 Å². The molecule has 1 N–H and O–H groups in total. The van der Waals surface area contributed by atoms with Gasteiger partial charge in [0.05, 0.1) is 6.54 Å². The zero-order valence-corrected chi connectivity index (χ0v) is 6.68. The highest BCUT2D eigenvalue weighted by Gasteiger charge is 2.29. The maximum Gasteiger partial charge on any atom is 0.147 e. The van der Waals surface area contributed by atoms with Crippen molar-refractivity contribution in [2.24, 2.45) is 0 Å². The third-order valence-corrected chi connectivity index (χ3v) is 2.38. The normalized spacial score (nSPS) is 28.5. The molecule has 0 spiro atoms. The number of ketones is 1. The van der Waals surface area contributed by atoms with Gasteiger partial charge in [0.1, 0.15) is 5.78 Å². The first kappa shape index (κ1) is 7.25. The van der Waals surface area contributed by atoms with Crippen LogP contribution in [0.1, 0.15) is 19.3 Å². The van der Waals surface area contributed by atoms with Gasteiger partial charge in [0.25, 0.3) is 0 Å². The van der Waals surface area contributed by atoms with Crippen LogP contribution >= 0.6 is 0 Å². The minimum absolute atomic E-state index is 0.355. The van der Waals surface area contributed by atoms with Gasteiger partial charge in [0.2, 0.25) is 0 Å². The molecule has 0 aromatic carbocycles. The summed E-state index contributed by atoms with van der Waals surface area (Å²) in [6, 6.07) is 0.786. The van der Waals surface area contributed by atoms with Crippen LogP contribution in [0.25, 0.3) is 0 Å². The minimum Gasteiger partial charge on any atom is -0.298 e. The van der Waals surface area contributed by atoms with E-state index in [-0.39, 0.29) is 0 Å². The maximum atomic E-state index is 11.0. The lowest BCUT2D eigenvalue weighted by molar-refractivity contribution is -0.117. The molecule has 11 heavy (non-hydrogen) atoms. The molecule has 1 saturated heterocycles. The van der Waals surface area contributed by atoms with Crippen LogP contribution < -0.4 is 5.32 Å². The minimum atomic E-state index is 0.355. The van der Waals surface area contributed by atoms with Gasteiger partial charge < -0.3 is 0 Å². The highest BCUT2D eigenvalue weighted by Crippen LogP contribution is 2.26. The van der Waals surface area contributed by atoms with Gasteiger partial charge in [0.15, 0.2) is 0 Å². The highest BCUT2D eigenvalue weighted by atomic mass is 16.1. The van der Waals surface area contributed by atoms with E-state index in [1.54, 1.807) is 0 Å². The topological polar surface area (TPSA) is 32.3 Å². The standard InChI is InChI=1S/C8H14N2O/c11-8-3-4-10(6-9-5-8)7-1-2-7/h7,9H,1-6H2. The lowest BCUT2D eigenvalue weighted by atomic mass is 10.3. The summed E-state index contributed by atoms with van der Waals surface area (Å²) >= 11 is 0. The van der Waals surface area contributed by atoms with E-state index in [0.717, 1.165) is 25.7 Å². The number of carbonyl (C=O) groups is 1. The van der Waals surface area contributed by atoms with E-state index >= 15 is 0 Å². The predicted octanol–water partition coefficient (Wildman–Crippen LogP) is -0.0293. The molecule has 0 radical (unpaired) electrons. The summed E-state index contributed by atoms with van der Waals surface area (Å²) in [6.45, 7) is 2.45. The first-order valence-electron chi connectivity index (χ1n) is 4.33. The van der Waals surface area contributed by atoms with Crippen molar-refractivity contribution >= 4 is 5.78 Å². The molecule has 3 nitrogen and oxygen atoms in total. The molecule has 1 heterocycles. The second-order valence-corrected chi connectivity index (χ2v) is 3.42. The molecule has 0 aromatic rings. The quantitative estimate of drug-likeness (QED) is 0.575. The van der Waals surface area contributed by atoms with Crippen LogP contribution in [0, 0.1) is 0 Å². The van der Waals surface area contributed by atoms with Gasteiger partial charge in [-0.2, -0.15) is 0 Å². The van der Waals surface area contributed by atoms with Crippen molar-refractivity contribution in [3.8, 4) is 0 Å². The second-order valence-electron chi connectivity index (χ2n) is 3.42. The van der Waals surface area contributed by atoms with Gasteiger partial charge in [-0.15, -0.1) is 0 Å². The molecular formula is C8H14N2O. The summed E-state index contributed by atoms with van der Waals surface area (Å²) in [5.74, 6) is 0.355. The van der Waals surface area contributed by atoms with Crippen molar-refractivity contribution in [2.75, 3.05) is 19.8 Å². The predicted molar refractivity (Wildman–Crippen MR) is 42.2 cm³/mol. The van der Waals surface area contributed by atoms with Gasteiger partial charge in [-0.1, -0.05) is 0 Å². The molecule has 0 bridgehead atoms. The molecule has 1 aliphatic heterocycles. The summed E-state index contributed by atoms with van der Waals surface area (Å²) in [4.78, 5) is 13.4. The number of nitrogens with zero attached hydrogens (tertiary/aromatic N) is 1. The van der Waals surface area contributed by atoms with Crippen molar-refractivity contribution in [1.82, 2.24) is 10.2 Å². The van der Waals surface area contributed by atoms with E-state index in [1.165, 1.54) is 12.8 Å². The van der Waals surface area contributed by atoms with Gasteiger partial charge in [0, 0.05) is 25.7 Å². The fourth-order valence-corrected chi connectivity index (χ4v) is 1.53. The van der Waals surface area contributed by atoms with E-state index in [2.05, 4.69) is 10.2 Å². The number of rotatable bonds is 1. The van der Waals surface area contributed by atoms with Crippen LogP contribution in [0.5, 0.6) is 0 Å². The SMILES string of the molecule is O=C1CCN(C2CC2)CNC1. The number of hydrogen-bond donors (Lipinski definition) is 1. The molecule has 0 atom stereocenters. The Bertz CT molecular complexity index is 165. The Morgan fingerprint density at radius 2 is 2.27 bits per heavy atom. The van der Waals surface area contributed by atoms with Crippen LogP contribution in [-0.2, 0) is 4.79 Å². The van der Waals surface area contributed by atoms with Gasteiger partial charge in [-0.25, -0.2) is 0 Å². The van der Waals surface area contributed by atoms with Crippen molar-refractivity contribution < 1.29 is 4.79 Å². The molecule has 1 saturated carbocycles. The Hall–Kier alpha value is -0.410. The number of nitrogens with one attached hydrogen (secondary N) is 1. The fourth-order valence-electron chi connectivity index (χ4n) is 1.53. The smallest absolute Gasteiger partial charge is 0.147 e. The average Bonchev–Trinajstić information content (AvgIpc) is 2.73. The van der Waals surface area contributed by atoms with Crippen molar-refractivity contribution in [1.29, 1.82) is 0 Å². The molecule has 62 valence electrons. The van der Waals surface area contributed by atoms with Gasteiger partial charge in [-0.05, 0) is 12.8 Å². The van der Waals surface area contributed by atoms with Crippen molar-refractivity contribution in [3.05, 3.63) is 0 Å². The summed E-state index contributed by atoms with van der Waals surface area (Å²) in [6.07, 6.45) is 3.40. The van der Waals surface area contributed by atoms with Crippen LogP contribution in [0.15, 0.2) is 0 Å². The molecule has 2 fully saturated rings. The first-order valence-corrected chi connectivity index (χ1v) is 4.33. The van der Waals surface area contributed by atoms with Crippen LogP contribution in [-0.4, -0.2) is 36.5 Å². The Balaban J connectivity index is 1.87. The van der Waals surface area contributed by atoms with Gasteiger partial charge >= 0.3 is 0 Å². The average molecular weight is 154 g/mol. The third kappa shape index (κ3) is 1.79. The maximum absolute atomic E-state index is 11.0. The zero-order chi connectivity index (χ0) is 7.68. The van der Waals surface area contributed by atoms with Crippen LogP contribution in [0.4, 0.5) is 0 Å². The molecule has 0 aromatic heterocycles. The summed E-state index contributed by atoms with van der Waals surface area (Å²) < 4.78 is 0. The third-order valence-electron chi connectivity index (χ3n) is 2.38. The molecular weight excluding hydrogens is 140 g/mol. The van der Waals surface area contributed by atoms with Crippen molar-refractivity contribution in [2.45, 2.75) is 25.3 Å². The number of carbonyl (C=O) groups excluding carboxylic acids is 1. The fraction of sp³-hybridized carbons (Fsp3) is 0.875. The molecule has 2 rings (SSSR count). The van der Waals surface area contributed by atoms with Gasteiger partial charge in [-0.3, -0.25) is 15.0 Å². The molecule has 2 aliphatic rings. The molecule has 0 amide bonds. The molecule has 1 aliphatic carbocycles. The van der Waals surface area contributed by atoms with E-state index in [1.807, 2.05) is 0 Å². The van der Waals surface area contributed by atoms with Crippen LogP contribution in [0.2, 0.25) is 0 Å². The van der Waals surface area contributed by atoms with E-state index in [4.69, 9.17) is 0 Å². The van der Waals surface area contributed by atoms with E-state index < -0.39 is 0 Å². The second kappa shape index (κ2) is 2.91. The van der Waals surface area contributed by atoms with Crippen LogP contribution in [0.3, 0.4) is 0 Å².